The Balaban J connectivity index is 1.22. The van der Waals surface area contributed by atoms with Gasteiger partial charge in [-0.2, -0.15) is 0 Å². The fourth-order valence-corrected chi connectivity index (χ4v) is 5.99. The Labute approximate surface area is 216 Å². The zero-order valence-electron chi connectivity index (χ0n) is 21.4. The minimum absolute atomic E-state index is 0.306. The Kier molecular flexibility index (Phi) is 9.49. The first kappa shape index (κ1) is 27.5. The van der Waals surface area contributed by atoms with Gasteiger partial charge in [-0.25, -0.2) is 22.4 Å². The van der Waals surface area contributed by atoms with Crippen LogP contribution in [0.25, 0.3) is 0 Å². The molecule has 0 aromatic heterocycles. The first-order chi connectivity index (χ1) is 17.8. The molecule has 0 saturated heterocycles. The van der Waals surface area contributed by atoms with Crippen LogP contribution in [0, 0.1) is 46.9 Å². The third kappa shape index (κ3) is 7.26. The molecule has 0 radical (unpaired) electrons. The van der Waals surface area contributed by atoms with E-state index >= 15 is 0 Å². The number of esters is 1. The maximum atomic E-state index is 14.6. The molecule has 2 aliphatic carbocycles. The largest absolute Gasteiger partial charge is 0.493 e. The van der Waals surface area contributed by atoms with Crippen LogP contribution in [0.15, 0.2) is 30.3 Å². The second kappa shape index (κ2) is 12.8. The van der Waals surface area contributed by atoms with Gasteiger partial charge in [0, 0.05) is 18.2 Å². The van der Waals surface area contributed by atoms with Gasteiger partial charge in [-0.1, -0.05) is 39.0 Å². The average molecular weight is 521 g/mol. The van der Waals surface area contributed by atoms with Crippen molar-refractivity contribution in [2.24, 2.45) is 23.7 Å². The number of halogens is 4. The highest BCUT2D eigenvalue weighted by Gasteiger charge is 2.31. The molecule has 2 saturated carbocycles. The van der Waals surface area contributed by atoms with Gasteiger partial charge in [-0.3, -0.25) is 0 Å². The van der Waals surface area contributed by atoms with Crippen LogP contribution < -0.4 is 9.47 Å². The van der Waals surface area contributed by atoms with Gasteiger partial charge in [0.05, 0.1) is 12.2 Å². The molecule has 7 heteroatoms. The first-order valence-corrected chi connectivity index (χ1v) is 13.6. The van der Waals surface area contributed by atoms with Crippen molar-refractivity contribution in [3.05, 3.63) is 59.2 Å². The van der Waals surface area contributed by atoms with E-state index in [9.17, 15) is 22.4 Å². The number of ether oxygens (including phenoxy) is 2. The van der Waals surface area contributed by atoms with Gasteiger partial charge >= 0.3 is 5.97 Å². The van der Waals surface area contributed by atoms with Crippen molar-refractivity contribution in [2.45, 2.75) is 77.6 Å². The summed E-state index contributed by atoms with van der Waals surface area (Å²) in [6.45, 7) is 2.76. The monoisotopic (exact) mass is 520 g/mol. The first-order valence-electron chi connectivity index (χ1n) is 13.6. The van der Waals surface area contributed by atoms with Gasteiger partial charge in [0.1, 0.15) is 17.3 Å². The van der Waals surface area contributed by atoms with Crippen molar-refractivity contribution in [3.8, 4) is 11.5 Å². The third-order valence-electron chi connectivity index (χ3n) is 8.23. The van der Waals surface area contributed by atoms with Crippen LogP contribution in [0.5, 0.6) is 11.5 Å². The second-order valence-electron chi connectivity index (χ2n) is 10.7. The Morgan fingerprint density at radius 1 is 0.784 bits per heavy atom. The van der Waals surface area contributed by atoms with Gasteiger partial charge < -0.3 is 9.47 Å². The van der Waals surface area contributed by atoms with E-state index in [1.165, 1.54) is 69.9 Å². The van der Waals surface area contributed by atoms with E-state index in [1.54, 1.807) is 0 Å². The maximum absolute atomic E-state index is 14.6. The van der Waals surface area contributed by atoms with Crippen LogP contribution in [0.1, 0.15) is 87.9 Å². The summed E-state index contributed by atoms with van der Waals surface area (Å²) in [7, 11) is 0. The summed E-state index contributed by atoms with van der Waals surface area (Å²) in [6, 6.07) is 4.83. The number of hydrogen-bond donors (Lipinski definition) is 0. The standard InChI is InChI=1S/C30H36F4O3/c1-2-3-4-19-5-9-21(10-6-19)22-11-7-20(8-12-22)18-36-23-13-14-25(26(31)15-23)30(35)37-24-16-27(32)29(34)28(33)17-24/h13-17,19-22H,2-12,18H2,1H3/t19-,20-,21-,22-. The molecular formula is C30H36F4O3. The molecule has 0 atom stereocenters. The number of carbonyl (C=O) groups is 1. The fraction of sp³-hybridized carbons (Fsp3) is 0.567. The van der Waals surface area contributed by atoms with Gasteiger partial charge in [0.15, 0.2) is 17.5 Å². The van der Waals surface area contributed by atoms with E-state index in [0.717, 1.165) is 36.7 Å². The summed E-state index contributed by atoms with van der Waals surface area (Å²) >= 11 is 0. The summed E-state index contributed by atoms with van der Waals surface area (Å²) in [4.78, 5) is 12.2. The van der Waals surface area contributed by atoms with E-state index in [2.05, 4.69) is 6.92 Å². The highest BCUT2D eigenvalue weighted by molar-refractivity contribution is 5.91. The molecule has 3 nitrogen and oxygen atoms in total. The molecule has 0 N–H and O–H groups in total. The summed E-state index contributed by atoms with van der Waals surface area (Å²) in [6.07, 6.45) is 14.2. The number of unbranched alkanes of at least 4 members (excludes halogenated alkanes) is 1. The molecule has 37 heavy (non-hydrogen) atoms. The molecule has 2 aromatic rings. The average Bonchev–Trinajstić information content (AvgIpc) is 2.90. The smallest absolute Gasteiger partial charge is 0.346 e. The SMILES string of the molecule is CCCC[C@H]1CC[C@H]([C@H]2CC[C@H](COc3ccc(C(=O)Oc4cc(F)c(F)c(F)c4)c(F)c3)CC2)CC1. The van der Waals surface area contributed by atoms with Gasteiger partial charge in [0.25, 0.3) is 0 Å². The predicted octanol–water partition coefficient (Wildman–Crippen LogP) is 8.64. The lowest BCUT2D eigenvalue weighted by Gasteiger charge is -2.37. The highest BCUT2D eigenvalue weighted by atomic mass is 19.2. The number of benzene rings is 2. The molecule has 0 amide bonds. The number of carbonyl (C=O) groups excluding carboxylic acids is 1. The van der Waals surface area contributed by atoms with Crippen molar-refractivity contribution >= 4 is 5.97 Å². The second-order valence-corrected chi connectivity index (χ2v) is 10.7. The lowest BCUT2D eigenvalue weighted by Crippen LogP contribution is -2.27. The van der Waals surface area contributed by atoms with Crippen LogP contribution in [-0.2, 0) is 0 Å². The van der Waals surface area contributed by atoms with Crippen molar-refractivity contribution in [3.63, 3.8) is 0 Å². The molecule has 0 spiro atoms. The van der Waals surface area contributed by atoms with Gasteiger partial charge in [0.2, 0.25) is 0 Å². The summed E-state index contributed by atoms with van der Waals surface area (Å²) in [5, 5.41) is 0. The molecule has 0 heterocycles. The van der Waals surface area contributed by atoms with E-state index < -0.39 is 40.6 Å². The van der Waals surface area contributed by atoms with Crippen LogP contribution in [-0.4, -0.2) is 12.6 Å². The molecule has 2 aliphatic rings. The molecule has 202 valence electrons. The molecule has 0 unspecified atom stereocenters. The van der Waals surface area contributed by atoms with E-state index in [4.69, 9.17) is 9.47 Å². The van der Waals surface area contributed by atoms with E-state index in [1.807, 2.05) is 0 Å². The number of rotatable bonds is 9. The predicted molar refractivity (Wildman–Crippen MR) is 134 cm³/mol. The third-order valence-corrected chi connectivity index (χ3v) is 8.23. The Bertz CT molecular complexity index is 1030. The highest BCUT2D eigenvalue weighted by Crippen LogP contribution is 2.42. The Morgan fingerprint density at radius 2 is 1.35 bits per heavy atom. The zero-order chi connectivity index (χ0) is 26.4. The molecular weight excluding hydrogens is 484 g/mol. The maximum Gasteiger partial charge on any atom is 0.346 e. The topological polar surface area (TPSA) is 35.5 Å². The summed E-state index contributed by atoms with van der Waals surface area (Å²) < 4.78 is 64.9. The van der Waals surface area contributed by atoms with Crippen LogP contribution >= 0.6 is 0 Å². The minimum Gasteiger partial charge on any atom is -0.493 e. The molecule has 2 aromatic carbocycles. The van der Waals surface area contributed by atoms with Crippen molar-refractivity contribution in [1.82, 2.24) is 0 Å². The summed E-state index contributed by atoms with van der Waals surface area (Å²) in [5.74, 6) is -3.91. The lowest BCUT2D eigenvalue weighted by molar-refractivity contribution is 0.0728. The van der Waals surface area contributed by atoms with Gasteiger partial charge in [-0.15, -0.1) is 0 Å². The molecule has 4 rings (SSSR count). The van der Waals surface area contributed by atoms with Crippen LogP contribution in [0.2, 0.25) is 0 Å². The zero-order valence-corrected chi connectivity index (χ0v) is 21.4. The van der Waals surface area contributed by atoms with Crippen molar-refractivity contribution < 1.29 is 31.8 Å². The Hall–Kier alpha value is -2.57. The van der Waals surface area contributed by atoms with E-state index in [-0.39, 0.29) is 0 Å². The fourth-order valence-electron chi connectivity index (χ4n) is 5.99. The quantitative estimate of drug-likeness (QED) is 0.144. The van der Waals surface area contributed by atoms with Crippen LogP contribution in [0.3, 0.4) is 0 Å². The molecule has 0 bridgehead atoms. The van der Waals surface area contributed by atoms with Gasteiger partial charge in [-0.05, 0) is 74.3 Å². The van der Waals surface area contributed by atoms with E-state index in [0.29, 0.717) is 30.4 Å². The Morgan fingerprint density at radius 3 is 1.92 bits per heavy atom. The normalized spacial score (nSPS) is 24.0. The lowest BCUT2D eigenvalue weighted by atomic mass is 9.69. The van der Waals surface area contributed by atoms with Crippen LogP contribution in [0.4, 0.5) is 17.6 Å². The molecule has 2 fully saturated rings. The number of hydrogen-bond acceptors (Lipinski definition) is 3. The van der Waals surface area contributed by atoms with Crippen molar-refractivity contribution in [1.29, 1.82) is 0 Å². The minimum atomic E-state index is -1.68. The van der Waals surface area contributed by atoms with Crippen molar-refractivity contribution in [2.75, 3.05) is 6.61 Å². The summed E-state index contributed by atoms with van der Waals surface area (Å²) in [5.41, 5.74) is -0.414. The molecule has 0 aliphatic heterocycles.